The normalized spacial score (nSPS) is 13.7. The maximum atomic E-state index is 11.7. The molecule has 5 aromatic rings. The molecular weight excluding hydrogens is 578 g/mol. The first kappa shape index (κ1) is 31.6. The Balaban J connectivity index is 1.13. The molecule has 1 aliphatic rings. The van der Waals surface area contributed by atoms with Crippen LogP contribution in [0.4, 0.5) is 17.1 Å². The Morgan fingerprint density at radius 2 is 1.21 bits per heavy atom. The van der Waals surface area contributed by atoms with Crippen LogP contribution >= 0.6 is 0 Å². The van der Waals surface area contributed by atoms with Crippen molar-refractivity contribution in [1.82, 2.24) is 0 Å². The Morgan fingerprint density at radius 3 is 1.81 bits per heavy atom. The Bertz CT molecular complexity index is 1770. The van der Waals surface area contributed by atoms with Crippen molar-refractivity contribution in [2.75, 3.05) is 11.5 Å². The van der Waals surface area contributed by atoms with Crippen LogP contribution in [0.15, 0.2) is 147 Å². The van der Waals surface area contributed by atoms with E-state index < -0.39 is 5.97 Å². The average Bonchev–Trinajstić information content (AvgIpc) is 3.14. The number of hydrogen-bond acceptors (Lipinski definition) is 4. The maximum absolute atomic E-state index is 11.7. The number of carbonyl (C=O) groups excluding carboxylic acids is 1. The molecule has 6 rings (SSSR count). The van der Waals surface area contributed by atoms with Crippen LogP contribution in [0, 0.1) is 0 Å². The van der Waals surface area contributed by atoms with Crippen LogP contribution in [0.5, 0.6) is 11.5 Å². The van der Waals surface area contributed by atoms with Crippen LogP contribution in [0.1, 0.15) is 54.4 Å². The molecule has 1 aliphatic carbocycles. The second kappa shape index (κ2) is 14.8. The van der Waals surface area contributed by atoms with Gasteiger partial charge in [0, 0.05) is 35.0 Å². The van der Waals surface area contributed by atoms with Gasteiger partial charge in [0.2, 0.25) is 0 Å². The fourth-order valence-electron chi connectivity index (χ4n) is 6.65. The van der Waals surface area contributed by atoms with Crippen molar-refractivity contribution in [3.8, 4) is 11.5 Å². The summed E-state index contributed by atoms with van der Waals surface area (Å²) in [7, 11) is 0. The van der Waals surface area contributed by atoms with Gasteiger partial charge in [-0.3, -0.25) is 0 Å². The number of rotatable bonds is 12. The van der Waals surface area contributed by atoms with Gasteiger partial charge in [-0.1, -0.05) is 105 Å². The van der Waals surface area contributed by atoms with Crippen LogP contribution < -0.4 is 14.4 Å². The highest BCUT2D eigenvalue weighted by molar-refractivity contribution is 5.83. The van der Waals surface area contributed by atoms with E-state index in [-0.39, 0.29) is 5.41 Å². The highest BCUT2D eigenvalue weighted by atomic mass is 16.5. The zero-order valence-electron chi connectivity index (χ0n) is 26.8. The number of benzene rings is 5. The fourth-order valence-corrected chi connectivity index (χ4v) is 6.65. The van der Waals surface area contributed by atoms with Crippen molar-refractivity contribution >= 4 is 29.1 Å². The monoisotopic (exact) mass is 619 g/mol. The highest BCUT2D eigenvalue weighted by Gasteiger charge is 2.35. The number of nitrogens with zero attached hydrogens (tertiary/aromatic N) is 1. The molecule has 0 atom stereocenters. The van der Waals surface area contributed by atoms with Crippen LogP contribution in [-0.4, -0.2) is 12.6 Å². The van der Waals surface area contributed by atoms with Gasteiger partial charge in [-0.05, 0) is 95.8 Å². The molecule has 47 heavy (non-hydrogen) atoms. The third kappa shape index (κ3) is 7.39. The van der Waals surface area contributed by atoms with Crippen molar-refractivity contribution in [2.24, 2.45) is 0 Å². The minimum atomic E-state index is -0.484. The quantitative estimate of drug-likeness (QED) is 0.0791. The van der Waals surface area contributed by atoms with Gasteiger partial charge in [-0.25, -0.2) is 4.79 Å². The van der Waals surface area contributed by atoms with Gasteiger partial charge < -0.3 is 14.4 Å². The second-order valence-corrected chi connectivity index (χ2v) is 12.0. The lowest BCUT2D eigenvalue weighted by Crippen LogP contribution is -2.30. The smallest absolute Gasteiger partial charge is 0.335 e. The molecule has 0 unspecified atom stereocenters. The summed E-state index contributed by atoms with van der Waals surface area (Å²) in [5.74, 6) is 0.887. The molecule has 0 aromatic heterocycles. The van der Waals surface area contributed by atoms with Gasteiger partial charge in [0.05, 0.1) is 6.61 Å². The predicted octanol–water partition coefficient (Wildman–Crippen LogP) is 10.8. The number of hydrogen-bond donors (Lipinski definition) is 0. The molecular formula is C43H41NO3. The van der Waals surface area contributed by atoms with E-state index in [1.54, 1.807) is 12.1 Å². The zero-order valence-corrected chi connectivity index (χ0v) is 26.8. The standard InChI is InChI=1S/C43H41NO3/c1-3-33-13-19-37(20-14-33)44(39-23-27-41(28-24-39)47-42(45)4-2)38-21-15-34(16-22-38)29-32-46-40-25-17-36(18-26-40)43(30-9-6-10-31-43)35-11-7-5-8-12-35/h3-5,7-8,11-28H,1-2,6,9-10,29-32H2. The molecule has 5 aromatic carbocycles. The van der Waals surface area contributed by atoms with E-state index >= 15 is 0 Å². The Labute approximate surface area is 278 Å². The average molecular weight is 620 g/mol. The zero-order chi connectivity index (χ0) is 32.5. The summed E-state index contributed by atoms with van der Waals surface area (Å²) < 4.78 is 11.5. The third-order valence-corrected chi connectivity index (χ3v) is 9.16. The van der Waals surface area contributed by atoms with E-state index in [0.29, 0.717) is 12.4 Å². The van der Waals surface area contributed by atoms with Crippen molar-refractivity contribution in [1.29, 1.82) is 0 Å². The van der Waals surface area contributed by atoms with Crippen LogP contribution in [0.2, 0.25) is 0 Å². The number of esters is 1. The van der Waals surface area contributed by atoms with E-state index in [4.69, 9.17) is 9.47 Å². The molecule has 4 nitrogen and oxygen atoms in total. The molecule has 0 saturated heterocycles. The molecule has 0 amide bonds. The van der Waals surface area contributed by atoms with Gasteiger partial charge in [0.1, 0.15) is 11.5 Å². The first-order valence-corrected chi connectivity index (χ1v) is 16.4. The lowest BCUT2D eigenvalue weighted by Gasteiger charge is -2.38. The Hall–Kier alpha value is -5.35. The lowest BCUT2D eigenvalue weighted by molar-refractivity contribution is -0.128. The van der Waals surface area contributed by atoms with Crippen molar-refractivity contribution < 1.29 is 14.3 Å². The van der Waals surface area contributed by atoms with Crippen LogP contribution in [0.3, 0.4) is 0 Å². The van der Waals surface area contributed by atoms with Gasteiger partial charge >= 0.3 is 5.97 Å². The molecule has 0 aliphatic heterocycles. The molecule has 4 heteroatoms. The Kier molecular flexibility index (Phi) is 9.98. The van der Waals surface area contributed by atoms with Crippen LogP contribution in [-0.2, 0) is 16.6 Å². The summed E-state index contributed by atoms with van der Waals surface area (Å²) in [5.41, 5.74) is 8.13. The molecule has 0 N–H and O–H groups in total. The van der Waals surface area contributed by atoms with Gasteiger partial charge in [-0.2, -0.15) is 0 Å². The summed E-state index contributed by atoms with van der Waals surface area (Å²) in [4.78, 5) is 13.8. The number of ether oxygens (including phenoxy) is 2. The summed E-state index contributed by atoms with van der Waals surface area (Å²) >= 11 is 0. The molecule has 0 spiro atoms. The first-order valence-electron chi connectivity index (χ1n) is 16.4. The second-order valence-electron chi connectivity index (χ2n) is 12.0. The summed E-state index contributed by atoms with van der Waals surface area (Å²) in [5, 5.41) is 0. The van der Waals surface area contributed by atoms with E-state index in [1.165, 1.54) is 48.8 Å². The van der Waals surface area contributed by atoms with Gasteiger partial charge in [0.15, 0.2) is 0 Å². The maximum Gasteiger partial charge on any atom is 0.335 e. The minimum absolute atomic E-state index is 0.0989. The molecule has 1 fully saturated rings. The largest absolute Gasteiger partial charge is 0.493 e. The van der Waals surface area contributed by atoms with E-state index in [2.05, 4.69) is 109 Å². The first-order chi connectivity index (χ1) is 23.1. The van der Waals surface area contributed by atoms with Gasteiger partial charge in [-0.15, -0.1) is 0 Å². The van der Waals surface area contributed by atoms with Crippen molar-refractivity contribution in [2.45, 2.75) is 43.9 Å². The molecule has 0 radical (unpaired) electrons. The van der Waals surface area contributed by atoms with E-state index in [0.717, 1.165) is 40.9 Å². The van der Waals surface area contributed by atoms with Crippen molar-refractivity contribution in [3.63, 3.8) is 0 Å². The summed E-state index contributed by atoms with van der Waals surface area (Å²) in [6.07, 6.45) is 10.0. The highest BCUT2D eigenvalue weighted by Crippen LogP contribution is 2.45. The number of anilines is 3. The topological polar surface area (TPSA) is 38.8 Å². The van der Waals surface area contributed by atoms with E-state index in [1.807, 2.05) is 30.3 Å². The molecule has 1 saturated carbocycles. The molecule has 236 valence electrons. The fraction of sp³-hybridized carbons (Fsp3) is 0.186. The van der Waals surface area contributed by atoms with Gasteiger partial charge in [0.25, 0.3) is 0 Å². The lowest BCUT2D eigenvalue weighted by atomic mass is 9.65. The molecule has 0 bridgehead atoms. The minimum Gasteiger partial charge on any atom is -0.493 e. The Morgan fingerprint density at radius 1 is 0.660 bits per heavy atom. The summed E-state index contributed by atoms with van der Waals surface area (Å²) in [6.45, 7) is 7.95. The van der Waals surface area contributed by atoms with Crippen LogP contribution in [0.25, 0.3) is 6.08 Å². The SMILES string of the molecule is C=CC(=O)Oc1ccc(N(c2ccc(C=C)cc2)c2ccc(CCOc3ccc(C4(c5ccccc5)CCCCC4)cc3)cc2)cc1. The number of carbonyl (C=O) groups is 1. The molecule has 0 heterocycles. The third-order valence-electron chi connectivity index (χ3n) is 9.16. The predicted molar refractivity (Wildman–Crippen MR) is 193 cm³/mol. The van der Waals surface area contributed by atoms with E-state index in [9.17, 15) is 4.79 Å². The van der Waals surface area contributed by atoms with Crippen molar-refractivity contribution in [3.05, 3.63) is 169 Å². The summed E-state index contributed by atoms with van der Waals surface area (Å²) in [6, 6.07) is 44.1.